The van der Waals surface area contributed by atoms with E-state index >= 15 is 0 Å². The van der Waals surface area contributed by atoms with Crippen molar-refractivity contribution in [1.29, 1.82) is 0 Å². The molecule has 14 heavy (non-hydrogen) atoms. The van der Waals surface area contributed by atoms with Gasteiger partial charge in [-0.25, -0.2) is 0 Å². The van der Waals surface area contributed by atoms with Gasteiger partial charge in [0.15, 0.2) is 0 Å². The van der Waals surface area contributed by atoms with Crippen molar-refractivity contribution < 1.29 is 0 Å². The lowest BCUT2D eigenvalue weighted by Crippen LogP contribution is -2.39. The first-order chi connectivity index (χ1) is 6.63. The van der Waals surface area contributed by atoms with Gasteiger partial charge in [-0.3, -0.25) is 4.90 Å². The molecular weight excluding hydrogens is 192 g/mol. The minimum atomic E-state index is 0.621. The van der Waals surface area contributed by atoms with Crippen molar-refractivity contribution >= 4 is 11.8 Å². The van der Waals surface area contributed by atoms with E-state index in [1.807, 2.05) is 11.8 Å². The number of likely N-dealkylation sites (tertiary alicyclic amines) is 1. The van der Waals surface area contributed by atoms with Gasteiger partial charge in [-0.05, 0) is 19.6 Å². The summed E-state index contributed by atoms with van der Waals surface area (Å²) in [6.07, 6.45) is 3.51. The number of rotatable bonds is 5. The van der Waals surface area contributed by atoms with Crippen LogP contribution in [-0.4, -0.2) is 48.1 Å². The summed E-state index contributed by atoms with van der Waals surface area (Å²) >= 11 is 1.95. The van der Waals surface area contributed by atoms with Crippen molar-refractivity contribution in [2.45, 2.75) is 45.3 Å². The van der Waals surface area contributed by atoms with E-state index in [1.54, 1.807) is 0 Å². The van der Waals surface area contributed by atoms with Gasteiger partial charge in [-0.2, -0.15) is 11.8 Å². The van der Waals surface area contributed by atoms with Crippen molar-refractivity contribution in [3.8, 4) is 0 Å². The zero-order valence-corrected chi connectivity index (χ0v) is 10.7. The molecule has 0 amide bonds. The number of hydrogen-bond donors (Lipinski definition) is 1. The maximum Gasteiger partial charge on any atom is 0.0209 e. The van der Waals surface area contributed by atoms with Gasteiger partial charge in [-0.15, -0.1) is 0 Å². The molecule has 1 N–H and O–H groups in total. The van der Waals surface area contributed by atoms with Gasteiger partial charge in [0.2, 0.25) is 0 Å². The molecule has 0 aliphatic carbocycles. The van der Waals surface area contributed by atoms with Gasteiger partial charge in [0.1, 0.15) is 0 Å². The minimum Gasteiger partial charge on any atom is -0.310 e. The quantitative estimate of drug-likeness (QED) is 0.754. The van der Waals surface area contributed by atoms with Crippen LogP contribution in [0.1, 0.15) is 27.2 Å². The lowest BCUT2D eigenvalue weighted by atomic mass is 10.2. The fourth-order valence-corrected chi connectivity index (χ4v) is 2.83. The summed E-state index contributed by atoms with van der Waals surface area (Å²) in [4.78, 5) is 2.61. The molecule has 0 aromatic carbocycles. The van der Waals surface area contributed by atoms with Gasteiger partial charge in [0, 0.05) is 37.0 Å². The molecule has 0 radical (unpaired) electrons. The third-order valence-corrected chi connectivity index (χ3v) is 3.64. The summed E-state index contributed by atoms with van der Waals surface area (Å²) < 4.78 is 0. The molecule has 1 aliphatic rings. The predicted octanol–water partition coefficient (Wildman–Crippen LogP) is 1.81. The average molecular weight is 216 g/mol. The van der Waals surface area contributed by atoms with Crippen LogP contribution in [0.3, 0.4) is 0 Å². The summed E-state index contributed by atoms with van der Waals surface area (Å²) in [7, 11) is 0. The van der Waals surface area contributed by atoms with Crippen LogP contribution in [0.4, 0.5) is 0 Å². The van der Waals surface area contributed by atoms with Crippen molar-refractivity contribution in [2.75, 3.05) is 25.1 Å². The molecular formula is C11H24N2S. The molecule has 1 saturated heterocycles. The van der Waals surface area contributed by atoms with Gasteiger partial charge in [-0.1, -0.05) is 13.8 Å². The highest BCUT2D eigenvalue weighted by molar-refractivity contribution is 7.98. The maximum atomic E-state index is 3.62. The molecule has 84 valence electrons. The molecule has 0 saturated carbocycles. The maximum absolute atomic E-state index is 3.62. The number of hydrogen-bond acceptors (Lipinski definition) is 3. The van der Waals surface area contributed by atoms with Gasteiger partial charge in [0.05, 0.1) is 0 Å². The topological polar surface area (TPSA) is 15.3 Å². The highest BCUT2D eigenvalue weighted by atomic mass is 32.2. The van der Waals surface area contributed by atoms with Crippen molar-refractivity contribution in [2.24, 2.45) is 0 Å². The first-order valence-corrected chi connectivity index (χ1v) is 7.02. The van der Waals surface area contributed by atoms with E-state index < -0.39 is 0 Å². The van der Waals surface area contributed by atoms with Crippen LogP contribution < -0.4 is 5.32 Å². The van der Waals surface area contributed by atoms with Crippen molar-refractivity contribution in [1.82, 2.24) is 10.2 Å². The molecule has 1 rings (SSSR count). The van der Waals surface area contributed by atoms with Crippen molar-refractivity contribution in [3.05, 3.63) is 0 Å². The minimum absolute atomic E-state index is 0.621. The Morgan fingerprint density at radius 1 is 1.43 bits per heavy atom. The van der Waals surface area contributed by atoms with Crippen LogP contribution >= 0.6 is 11.8 Å². The molecule has 2 atom stereocenters. The summed E-state index contributed by atoms with van der Waals surface area (Å²) in [5.74, 6) is 1.26. The third kappa shape index (κ3) is 3.79. The third-order valence-electron chi connectivity index (χ3n) is 2.82. The lowest BCUT2D eigenvalue weighted by molar-refractivity contribution is 0.270. The highest BCUT2D eigenvalue weighted by Gasteiger charge is 2.25. The van der Waals surface area contributed by atoms with E-state index in [0.29, 0.717) is 6.04 Å². The second kappa shape index (κ2) is 5.99. The van der Waals surface area contributed by atoms with E-state index in [4.69, 9.17) is 0 Å². The van der Waals surface area contributed by atoms with Gasteiger partial charge in [0.25, 0.3) is 0 Å². The molecule has 0 aromatic rings. The van der Waals surface area contributed by atoms with Crippen LogP contribution in [0.25, 0.3) is 0 Å². The van der Waals surface area contributed by atoms with Crippen LogP contribution in [0.5, 0.6) is 0 Å². The highest BCUT2D eigenvalue weighted by Crippen LogP contribution is 2.15. The lowest BCUT2D eigenvalue weighted by Gasteiger charge is -2.24. The Balaban J connectivity index is 2.26. The van der Waals surface area contributed by atoms with E-state index in [-0.39, 0.29) is 0 Å². The summed E-state index contributed by atoms with van der Waals surface area (Å²) in [6, 6.07) is 2.08. The Labute approximate surface area is 92.8 Å². The predicted molar refractivity (Wildman–Crippen MR) is 66.1 cm³/mol. The average Bonchev–Trinajstić information content (AvgIpc) is 2.52. The second-order valence-corrected chi connectivity index (χ2v) is 5.52. The van der Waals surface area contributed by atoms with E-state index in [9.17, 15) is 0 Å². The number of nitrogens with zero attached hydrogens (tertiary/aromatic N) is 1. The summed E-state index contributed by atoms with van der Waals surface area (Å²) in [5.41, 5.74) is 0. The fraction of sp³-hybridized carbons (Fsp3) is 1.00. The van der Waals surface area contributed by atoms with Crippen LogP contribution in [0.15, 0.2) is 0 Å². The Morgan fingerprint density at radius 3 is 2.71 bits per heavy atom. The summed E-state index contributed by atoms with van der Waals surface area (Å²) in [5, 5.41) is 3.62. The first-order valence-electron chi connectivity index (χ1n) is 5.62. The van der Waals surface area contributed by atoms with Gasteiger partial charge < -0.3 is 5.32 Å². The molecule has 0 bridgehead atoms. The van der Waals surface area contributed by atoms with Gasteiger partial charge >= 0.3 is 0 Å². The Bertz CT molecular complexity index is 161. The summed E-state index contributed by atoms with van der Waals surface area (Å²) in [6.45, 7) is 9.31. The van der Waals surface area contributed by atoms with Crippen LogP contribution in [0.2, 0.25) is 0 Å². The molecule has 2 nitrogen and oxygen atoms in total. The van der Waals surface area contributed by atoms with Crippen LogP contribution in [0, 0.1) is 0 Å². The SMILES string of the molecule is CSCC(C)N1CCC(NC(C)C)C1. The second-order valence-electron chi connectivity index (χ2n) is 4.61. The van der Waals surface area contributed by atoms with E-state index in [0.717, 1.165) is 12.1 Å². The normalized spacial score (nSPS) is 25.9. The molecule has 0 aromatic heterocycles. The van der Waals surface area contributed by atoms with E-state index in [1.165, 1.54) is 25.3 Å². The van der Waals surface area contributed by atoms with Crippen LogP contribution in [-0.2, 0) is 0 Å². The molecule has 3 heteroatoms. The first kappa shape index (κ1) is 12.3. The number of thioether (sulfide) groups is 1. The molecule has 1 heterocycles. The standard InChI is InChI=1S/C11H24N2S/c1-9(2)12-11-5-6-13(7-11)10(3)8-14-4/h9-12H,5-8H2,1-4H3. The van der Waals surface area contributed by atoms with Crippen molar-refractivity contribution in [3.63, 3.8) is 0 Å². The van der Waals surface area contributed by atoms with E-state index in [2.05, 4.69) is 37.2 Å². The Kier molecular flexibility index (Phi) is 5.28. The largest absolute Gasteiger partial charge is 0.310 e. The zero-order valence-electron chi connectivity index (χ0n) is 9.92. The smallest absolute Gasteiger partial charge is 0.0209 e. The monoisotopic (exact) mass is 216 g/mol. The molecule has 2 unspecified atom stereocenters. The molecule has 1 fully saturated rings. The molecule has 0 spiro atoms. The Hall–Kier alpha value is 0.270. The number of nitrogens with one attached hydrogen (secondary N) is 1. The Morgan fingerprint density at radius 2 is 2.14 bits per heavy atom. The fourth-order valence-electron chi connectivity index (χ4n) is 2.14. The zero-order chi connectivity index (χ0) is 10.6. The molecule has 1 aliphatic heterocycles.